The van der Waals surface area contributed by atoms with E-state index in [4.69, 9.17) is 4.74 Å². The van der Waals surface area contributed by atoms with Gasteiger partial charge >= 0.3 is 12.0 Å². The lowest BCUT2D eigenvalue weighted by atomic mass is 10.0. The number of esters is 1. The molecule has 3 amide bonds. The highest BCUT2D eigenvalue weighted by atomic mass is 32.2. The number of thiophene rings is 1. The molecule has 0 saturated carbocycles. The summed E-state index contributed by atoms with van der Waals surface area (Å²) in [5.41, 5.74) is 4.55. The maximum Gasteiger partial charge on any atom is 0.341 e. The number of amides is 3. The van der Waals surface area contributed by atoms with Gasteiger partial charge in [-0.2, -0.15) is 0 Å². The van der Waals surface area contributed by atoms with E-state index in [1.807, 2.05) is 109 Å². The van der Waals surface area contributed by atoms with Crippen molar-refractivity contribution >= 4 is 69.1 Å². The molecular formula is C35H31N3O4S3. The fraction of sp³-hybridized carbons (Fsp3) is 0.171. The molecule has 0 saturated heterocycles. The van der Waals surface area contributed by atoms with Gasteiger partial charge in [0.25, 0.3) is 0 Å². The molecule has 2 aliphatic rings. The number of hydrogen-bond donors (Lipinski definition) is 2. The summed E-state index contributed by atoms with van der Waals surface area (Å²) < 4.78 is 5.06. The smallest absolute Gasteiger partial charge is 0.341 e. The molecule has 0 spiro atoms. The third-order valence-electron chi connectivity index (χ3n) is 7.51. The van der Waals surface area contributed by atoms with Crippen LogP contribution < -0.4 is 15.5 Å². The molecule has 3 aromatic carbocycles. The fourth-order valence-electron chi connectivity index (χ4n) is 5.23. The van der Waals surface area contributed by atoms with Gasteiger partial charge in [-0.15, -0.1) is 34.9 Å². The summed E-state index contributed by atoms with van der Waals surface area (Å²) in [6.07, 6.45) is 8.19. The Balaban J connectivity index is 1.15. The number of carbonyl (C=O) groups excluding carboxylic acids is 3. The van der Waals surface area contributed by atoms with Crippen LogP contribution in [0.4, 0.5) is 21.2 Å². The summed E-state index contributed by atoms with van der Waals surface area (Å²) in [4.78, 5) is 43.5. The molecule has 228 valence electrons. The van der Waals surface area contributed by atoms with E-state index in [0.717, 1.165) is 26.6 Å². The fourth-order valence-corrected chi connectivity index (χ4v) is 8.37. The standard InChI is InChI=1S/C35H31N3O4S3/c1-21-15-17-23(18-16-21)26-20-43-33(31(26)34(40)42-3)37-32(39)22(2)44-25-10-8-9-24(19-25)36-35(41)38-27-11-4-6-13-29(27)45-30-14-7-5-12-28(30)38/h4-20,22,27,29H,1-3H3,(H,36,41)(H,37,39). The number of nitrogens with one attached hydrogen (secondary N) is 2. The van der Waals surface area contributed by atoms with Crippen molar-refractivity contribution in [1.29, 1.82) is 0 Å². The highest BCUT2D eigenvalue weighted by Gasteiger charge is 2.36. The Bertz CT molecular complexity index is 1810. The van der Waals surface area contributed by atoms with Crippen LogP contribution in [-0.2, 0) is 9.53 Å². The number of para-hydroxylation sites is 1. The Hall–Kier alpha value is -4.25. The van der Waals surface area contributed by atoms with E-state index >= 15 is 0 Å². The Morgan fingerprint density at radius 3 is 2.53 bits per heavy atom. The third-order valence-corrected chi connectivity index (χ3v) is 10.8. The molecule has 1 aromatic heterocycles. The summed E-state index contributed by atoms with van der Waals surface area (Å²) in [6, 6.07) is 22.9. The van der Waals surface area contributed by atoms with Crippen molar-refractivity contribution in [1.82, 2.24) is 0 Å². The number of allylic oxidation sites excluding steroid dienone is 2. The third kappa shape index (κ3) is 6.58. The van der Waals surface area contributed by atoms with Gasteiger partial charge in [-0.25, -0.2) is 9.59 Å². The number of nitrogens with zero attached hydrogens (tertiary/aromatic N) is 1. The first-order valence-electron chi connectivity index (χ1n) is 14.4. The minimum absolute atomic E-state index is 0.102. The first-order chi connectivity index (χ1) is 21.8. The second kappa shape index (κ2) is 13.4. The van der Waals surface area contributed by atoms with Gasteiger partial charge in [-0.1, -0.05) is 72.3 Å². The second-order valence-corrected chi connectivity index (χ2v) is 14.1. The summed E-state index contributed by atoms with van der Waals surface area (Å²) >= 11 is 4.42. The molecule has 2 N–H and O–H groups in total. The molecule has 1 aliphatic carbocycles. The highest BCUT2D eigenvalue weighted by Crippen LogP contribution is 2.44. The van der Waals surface area contributed by atoms with Crippen LogP contribution in [0, 0.1) is 6.92 Å². The minimum atomic E-state index is -0.508. The molecule has 3 atom stereocenters. The summed E-state index contributed by atoms with van der Waals surface area (Å²) in [7, 11) is 1.33. The monoisotopic (exact) mass is 653 g/mol. The molecule has 7 nitrogen and oxygen atoms in total. The van der Waals surface area contributed by atoms with Crippen molar-refractivity contribution in [2.75, 3.05) is 22.6 Å². The van der Waals surface area contributed by atoms with E-state index in [9.17, 15) is 14.4 Å². The Morgan fingerprint density at radius 2 is 1.73 bits per heavy atom. The number of anilines is 3. The molecule has 0 fully saturated rings. The zero-order valence-electron chi connectivity index (χ0n) is 24.9. The number of rotatable bonds is 7. The SMILES string of the molecule is COC(=O)c1c(-c2ccc(C)cc2)csc1NC(=O)C(C)Sc1cccc(NC(=O)N2c3ccccc3SC3C=CC=CC32)c1. The summed E-state index contributed by atoms with van der Waals surface area (Å²) in [6.45, 7) is 3.81. The molecule has 2 heterocycles. The van der Waals surface area contributed by atoms with Gasteiger partial charge in [-0.05, 0) is 49.7 Å². The lowest BCUT2D eigenvalue weighted by Crippen LogP contribution is -2.49. The number of ether oxygens (including phenoxy) is 1. The predicted octanol–water partition coefficient (Wildman–Crippen LogP) is 8.64. The molecule has 0 bridgehead atoms. The Morgan fingerprint density at radius 1 is 0.956 bits per heavy atom. The maximum atomic E-state index is 13.7. The molecule has 4 aromatic rings. The molecule has 1 aliphatic heterocycles. The van der Waals surface area contributed by atoms with Crippen molar-refractivity contribution in [2.45, 2.75) is 40.2 Å². The van der Waals surface area contributed by atoms with Gasteiger partial charge < -0.3 is 15.4 Å². The van der Waals surface area contributed by atoms with Crippen molar-refractivity contribution < 1.29 is 19.1 Å². The maximum absolute atomic E-state index is 13.7. The Kier molecular flexibility index (Phi) is 9.16. The van der Waals surface area contributed by atoms with Gasteiger partial charge in [0.15, 0.2) is 0 Å². The molecule has 10 heteroatoms. The predicted molar refractivity (Wildman–Crippen MR) is 186 cm³/mol. The summed E-state index contributed by atoms with van der Waals surface area (Å²) in [5.74, 6) is -0.755. The first-order valence-corrected chi connectivity index (χ1v) is 17.0. The van der Waals surface area contributed by atoms with Gasteiger partial charge in [0, 0.05) is 26.4 Å². The number of thioether (sulfide) groups is 2. The second-order valence-electron chi connectivity index (χ2n) is 10.6. The van der Waals surface area contributed by atoms with Crippen molar-refractivity contribution in [3.05, 3.63) is 114 Å². The molecule has 45 heavy (non-hydrogen) atoms. The molecule has 6 rings (SSSR count). The van der Waals surface area contributed by atoms with E-state index in [-0.39, 0.29) is 23.2 Å². The summed E-state index contributed by atoms with van der Waals surface area (Å²) in [5, 5.41) is 7.96. The van der Waals surface area contributed by atoms with Crippen LogP contribution in [0.3, 0.4) is 0 Å². The van der Waals surface area contributed by atoms with Crippen LogP contribution in [0.2, 0.25) is 0 Å². The lowest BCUT2D eigenvalue weighted by Gasteiger charge is -2.40. The minimum Gasteiger partial charge on any atom is -0.465 e. The van der Waals surface area contributed by atoms with Crippen molar-refractivity contribution in [3.63, 3.8) is 0 Å². The average Bonchev–Trinajstić information content (AvgIpc) is 3.46. The van der Waals surface area contributed by atoms with Crippen molar-refractivity contribution in [2.24, 2.45) is 0 Å². The molecule has 3 unspecified atom stereocenters. The van der Waals surface area contributed by atoms with Gasteiger partial charge in [0.1, 0.15) is 10.6 Å². The largest absolute Gasteiger partial charge is 0.465 e. The highest BCUT2D eigenvalue weighted by molar-refractivity contribution is 8.00. The van der Waals surface area contributed by atoms with Crippen LogP contribution in [0.5, 0.6) is 0 Å². The van der Waals surface area contributed by atoms with E-state index in [1.54, 1.807) is 11.8 Å². The first kappa shape index (κ1) is 30.8. The number of aryl methyl sites for hydroxylation is 1. The number of benzene rings is 3. The van der Waals surface area contributed by atoms with E-state index in [2.05, 4.69) is 22.8 Å². The average molecular weight is 654 g/mol. The van der Waals surface area contributed by atoms with Crippen molar-refractivity contribution in [3.8, 4) is 11.1 Å². The van der Waals surface area contributed by atoms with Crippen LogP contribution in [0.25, 0.3) is 11.1 Å². The number of urea groups is 1. The van der Waals surface area contributed by atoms with Crippen LogP contribution >= 0.6 is 34.9 Å². The van der Waals surface area contributed by atoms with E-state index in [0.29, 0.717) is 21.8 Å². The number of fused-ring (bicyclic) bond motifs is 2. The number of methoxy groups -OCH3 is 1. The van der Waals surface area contributed by atoms with Crippen LogP contribution in [-0.4, -0.2) is 41.6 Å². The zero-order chi connectivity index (χ0) is 31.5. The topological polar surface area (TPSA) is 87.7 Å². The van der Waals surface area contributed by atoms with E-state index < -0.39 is 11.2 Å². The quantitative estimate of drug-likeness (QED) is 0.153. The van der Waals surface area contributed by atoms with E-state index in [1.165, 1.54) is 30.2 Å². The Labute approximate surface area is 274 Å². The zero-order valence-corrected chi connectivity index (χ0v) is 27.3. The number of carbonyl (C=O) groups is 3. The molecular weight excluding hydrogens is 623 g/mol. The van der Waals surface area contributed by atoms with Gasteiger partial charge in [0.2, 0.25) is 5.91 Å². The van der Waals surface area contributed by atoms with Gasteiger partial charge in [-0.3, -0.25) is 9.69 Å². The number of hydrogen-bond acceptors (Lipinski definition) is 7. The van der Waals surface area contributed by atoms with Gasteiger partial charge in [0.05, 0.1) is 29.3 Å². The molecule has 0 radical (unpaired) electrons. The van der Waals surface area contributed by atoms with Crippen LogP contribution in [0.1, 0.15) is 22.8 Å². The normalized spacial score (nSPS) is 17.2. The lowest BCUT2D eigenvalue weighted by molar-refractivity contribution is -0.115. The van der Waals surface area contributed by atoms with Crippen LogP contribution in [0.15, 0.2) is 112 Å².